The number of rotatable bonds is 3. The van der Waals surface area contributed by atoms with Crippen LogP contribution in [-0.4, -0.2) is 9.97 Å². The third-order valence-corrected chi connectivity index (χ3v) is 2.06. The van der Waals surface area contributed by atoms with Crippen LogP contribution >= 0.6 is 0 Å². The van der Waals surface area contributed by atoms with E-state index < -0.39 is 5.41 Å². The van der Waals surface area contributed by atoms with Crippen LogP contribution in [0.3, 0.4) is 0 Å². The lowest BCUT2D eigenvalue weighted by Gasteiger charge is -2.13. The molecule has 3 nitrogen and oxygen atoms in total. The largest absolute Gasteiger partial charge is 0.240 e. The van der Waals surface area contributed by atoms with Crippen molar-refractivity contribution in [3.05, 3.63) is 23.8 Å². The first kappa shape index (κ1) is 10.6. The third-order valence-electron chi connectivity index (χ3n) is 2.06. The lowest BCUT2D eigenvalue weighted by atomic mass is 9.94. The van der Waals surface area contributed by atoms with Gasteiger partial charge in [0.1, 0.15) is 11.2 Å². The van der Waals surface area contributed by atoms with Gasteiger partial charge in [-0.3, -0.25) is 0 Å². The van der Waals surface area contributed by atoms with Crippen LogP contribution in [0.2, 0.25) is 0 Å². The molecule has 1 heterocycles. The molecule has 0 atom stereocenters. The first-order valence-corrected chi connectivity index (χ1v) is 4.84. The lowest BCUT2D eigenvalue weighted by Crippen LogP contribution is -2.18. The van der Waals surface area contributed by atoms with Crippen molar-refractivity contribution in [3.63, 3.8) is 0 Å². The molecule has 0 aliphatic carbocycles. The molecule has 1 aromatic rings. The minimum atomic E-state index is -0.594. The number of nitrogens with zero attached hydrogens (tertiary/aromatic N) is 3. The molecule has 0 saturated heterocycles. The first-order chi connectivity index (χ1) is 6.60. The van der Waals surface area contributed by atoms with Crippen LogP contribution in [0.25, 0.3) is 0 Å². The van der Waals surface area contributed by atoms with E-state index in [1.165, 1.54) is 0 Å². The summed E-state index contributed by atoms with van der Waals surface area (Å²) in [7, 11) is 0. The smallest absolute Gasteiger partial charge is 0.148 e. The van der Waals surface area contributed by atoms with Crippen molar-refractivity contribution in [1.82, 2.24) is 9.97 Å². The number of hydrogen-bond acceptors (Lipinski definition) is 3. The second-order valence-corrected chi connectivity index (χ2v) is 3.86. The van der Waals surface area contributed by atoms with Gasteiger partial charge in [-0.1, -0.05) is 13.3 Å². The van der Waals surface area contributed by atoms with Crippen molar-refractivity contribution < 1.29 is 0 Å². The molecule has 0 aromatic carbocycles. The fourth-order valence-corrected chi connectivity index (χ4v) is 1.14. The fourth-order valence-electron chi connectivity index (χ4n) is 1.14. The van der Waals surface area contributed by atoms with Gasteiger partial charge in [0.25, 0.3) is 0 Å². The molecule has 0 aliphatic rings. The summed E-state index contributed by atoms with van der Waals surface area (Å²) in [4.78, 5) is 8.50. The second-order valence-electron chi connectivity index (χ2n) is 3.86. The molecule has 0 unspecified atom stereocenters. The first-order valence-electron chi connectivity index (χ1n) is 4.84. The van der Waals surface area contributed by atoms with Crippen LogP contribution in [0.5, 0.6) is 0 Å². The molecule has 74 valence electrons. The minimum absolute atomic E-state index is 0.594. The van der Waals surface area contributed by atoms with Gasteiger partial charge in [0.05, 0.1) is 6.07 Å². The van der Waals surface area contributed by atoms with Crippen LogP contribution in [0.15, 0.2) is 12.3 Å². The van der Waals surface area contributed by atoms with E-state index in [9.17, 15) is 0 Å². The summed E-state index contributed by atoms with van der Waals surface area (Å²) in [5.74, 6) is 0.617. The van der Waals surface area contributed by atoms with Crippen LogP contribution in [-0.2, 0) is 11.8 Å². The SMILES string of the molecule is CCCc1ccnc(C(C)(C)C#N)n1. The fraction of sp³-hybridized carbons (Fsp3) is 0.545. The van der Waals surface area contributed by atoms with Crippen molar-refractivity contribution in [3.8, 4) is 6.07 Å². The van der Waals surface area contributed by atoms with Gasteiger partial charge < -0.3 is 0 Å². The summed E-state index contributed by atoms with van der Waals surface area (Å²) < 4.78 is 0. The molecular formula is C11H15N3. The van der Waals surface area contributed by atoms with Gasteiger partial charge in [-0.05, 0) is 26.3 Å². The summed E-state index contributed by atoms with van der Waals surface area (Å²) in [6.07, 6.45) is 3.73. The number of aromatic nitrogens is 2. The zero-order valence-electron chi connectivity index (χ0n) is 8.91. The van der Waals surface area contributed by atoms with E-state index in [2.05, 4.69) is 23.0 Å². The van der Waals surface area contributed by atoms with E-state index in [1.54, 1.807) is 6.20 Å². The van der Waals surface area contributed by atoms with Crippen LogP contribution < -0.4 is 0 Å². The zero-order chi connectivity index (χ0) is 10.6. The molecule has 0 amide bonds. The molecule has 1 rings (SSSR count). The monoisotopic (exact) mass is 189 g/mol. The molecule has 1 aromatic heterocycles. The highest BCUT2D eigenvalue weighted by atomic mass is 14.9. The number of aryl methyl sites for hydroxylation is 1. The minimum Gasteiger partial charge on any atom is -0.240 e. The van der Waals surface area contributed by atoms with Gasteiger partial charge in [0, 0.05) is 11.9 Å². The summed E-state index contributed by atoms with van der Waals surface area (Å²) in [6.45, 7) is 5.77. The molecule has 3 heteroatoms. The quantitative estimate of drug-likeness (QED) is 0.732. The highest BCUT2D eigenvalue weighted by Gasteiger charge is 2.23. The van der Waals surface area contributed by atoms with Crippen molar-refractivity contribution in [2.24, 2.45) is 0 Å². The Morgan fingerprint density at radius 1 is 1.50 bits per heavy atom. The Bertz CT molecular complexity index is 350. The Hall–Kier alpha value is -1.43. The summed E-state index contributed by atoms with van der Waals surface area (Å²) >= 11 is 0. The average molecular weight is 189 g/mol. The number of hydrogen-bond donors (Lipinski definition) is 0. The average Bonchev–Trinajstić information content (AvgIpc) is 2.19. The van der Waals surface area contributed by atoms with Crippen molar-refractivity contribution in [2.75, 3.05) is 0 Å². The molecule has 0 fully saturated rings. The van der Waals surface area contributed by atoms with Crippen molar-refractivity contribution >= 4 is 0 Å². The van der Waals surface area contributed by atoms with Crippen LogP contribution in [0.1, 0.15) is 38.7 Å². The molecular weight excluding hydrogens is 174 g/mol. The van der Waals surface area contributed by atoms with Crippen LogP contribution in [0, 0.1) is 11.3 Å². The Kier molecular flexibility index (Phi) is 3.19. The van der Waals surface area contributed by atoms with Gasteiger partial charge in [-0.2, -0.15) is 5.26 Å². The molecule has 0 aliphatic heterocycles. The highest BCUT2D eigenvalue weighted by molar-refractivity contribution is 5.18. The summed E-state index contributed by atoms with van der Waals surface area (Å²) in [6, 6.07) is 4.11. The maximum absolute atomic E-state index is 8.94. The van der Waals surface area contributed by atoms with E-state index in [0.717, 1.165) is 18.5 Å². The summed E-state index contributed by atoms with van der Waals surface area (Å²) in [5.41, 5.74) is 0.421. The normalized spacial score (nSPS) is 11.0. The van der Waals surface area contributed by atoms with E-state index in [0.29, 0.717) is 5.82 Å². The molecule has 0 N–H and O–H groups in total. The van der Waals surface area contributed by atoms with Gasteiger partial charge in [-0.15, -0.1) is 0 Å². The van der Waals surface area contributed by atoms with Gasteiger partial charge >= 0.3 is 0 Å². The van der Waals surface area contributed by atoms with Gasteiger partial charge in [0.2, 0.25) is 0 Å². The molecule has 0 spiro atoms. The maximum Gasteiger partial charge on any atom is 0.148 e. The summed E-state index contributed by atoms with van der Waals surface area (Å²) in [5, 5.41) is 8.94. The Morgan fingerprint density at radius 3 is 2.79 bits per heavy atom. The Morgan fingerprint density at radius 2 is 2.21 bits per heavy atom. The standard InChI is InChI=1S/C11H15N3/c1-4-5-9-6-7-13-10(14-9)11(2,3)8-12/h6-7H,4-5H2,1-3H3. The highest BCUT2D eigenvalue weighted by Crippen LogP contribution is 2.17. The van der Waals surface area contributed by atoms with E-state index in [4.69, 9.17) is 5.26 Å². The van der Waals surface area contributed by atoms with Gasteiger partial charge in [-0.25, -0.2) is 9.97 Å². The Labute approximate surface area is 84.8 Å². The molecule has 0 saturated carbocycles. The van der Waals surface area contributed by atoms with Crippen molar-refractivity contribution in [1.29, 1.82) is 5.26 Å². The van der Waals surface area contributed by atoms with E-state index in [-0.39, 0.29) is 0 Å². The Balaban J connectivity index is 3.01. The predicted molar refractivity (Wildman–Crippen MR) is 54.7 cm³/mol. The van der Waals surface area contributed by atoms with Crippen molar-refractivity contribution in [2.45, 2.75) is 39.0 Å². The van der Waals surface area contributed by atoms with Crippen LogP contribution in [0.4, 0.5) is 0 Å². The van der Waals surface area contributed by atoms with E-state index >= 15 is 0 Å². The second kappa shape index (κ2) is 4.19. The lowest BCUT2D eigenvalue weighted by molar-refractivity contribution is 0.620. The maximum atomic E-state index is 8.94. The third kappa shape index (κ3) is 2.29. The molecule has 14 heavy (non-hydrogen) atoms. The predicted octanol–water partition coefficient (Wildman–Crippen LogP) is 2.23. The topological polar surface area (TPSA) is 49.6 Å². The number of nitriles is 1. The zero-order valence-corrected chi connectivity index (χ0v) is 8.91. The molecule has 0 radical (unpaired) electrons. The van der Waals surface area contributed by atoms with Gasteiger partial charge in [0.15, 0.2) is 0 Å². The van der Waals surface area contributed by atoms with E-state index in [1.807, 2.05) is 19.9 Å². The molecule has 0 bridgehead atoms.